The maximum Gasteiger partial charge on any atom is 0.258 e. The molecular weight excluding hydrogens is 232 g/mol. The van der Waals surface area contributed by atoms with Gasteiger partial charge in [-0.15, -0.1) is 0 Å². The van der Waals surface area contributed by atoms with Crippen LogP contribution in [0.4, 0.5) is 0 Å². The van der Waals surface area contributed by atoms with E-state index in [0.29, 0.717) is 18.8 Å². The van der Waals surface area contributed by atoms with Gasteiger partial charge in [0.05, 0.1) is 0 Å². The van der Waals surface area contributed by atoms with Gasteiger partial charge in [0.25, 0.3) is 5.91 Å². The molecule has 18 heavy (non-hydrogen) atoms. The summed E-state index contributed by atoms with van der Waals surface area (Å²) in [4.78, 5) is 22.2. The van der Waals surface area contributed by atoms with Crippen molar-refractivity contribution in [2.75, 3.05) is 19.7 Å². The first-order valence-electron chi connectivity index (χ1n) is 5.57. The van der Waals surface area contributed by atoms with Gasteiger partial charge in [0.1, 0.15) is 5.75 Å². The highest BCUT2D eigenvalue weighted by Crippen LogP contribution is 2.07. The molecule has 0 saturated heterocycles. The second-order valence-corrected chi connectivity index (χ2v) is 3.45. The van der Waals surface area contributed by atoms with Crippen molar-refractivity contribution in [2.24, 2.45) is 0 Å². The summed E-state index contributed by atoms with van der Waals surface area (Å²) in [5.41, 5.74) is 0. The summed E-state index contributed by atoms with van der Waals surface area (Å²) in [6.07, 6.45) is 1.18. The molecule has 0 unspecified atom stereocenters. The average Bonchev–Trinajstić information content (AvgIpc) is 2.42. The lowest BCUT2D eigenvalue weighted by Gasteiger charge is -2.07. The fraction of sp³-hybridized carbons (Fsp3) is 0.231. The second-order valence-electron chi connectivity index (χ2n) is 3.45. The van der Waals surface area contributed by atoms with E-state index in [4.69, 9.17) is 4.74 Å². The van der Waals surface area contributed by atoms with Crippen LogP contribution in [0.15, 0.2) is 43.0 Å². The lowest BCUT2D eigenvalue weighted by molar-refractivity contribution is -0.123. The highest BCUT2D eigenvalue weighted by atomic mass is 16.5. The maximum atomic E-state index is 11.4. The third-order valence-electron chi connectivity index (χ3n) is 2.04. The Balaban J connectivity index is 2.11. The molecule has 2 N–H and O–H groups in total. The van der Waals surface area contributed by atoms with E-state index in [1.807, 2.05) is 18.2 Å². The molecule has 0 aromatic heterocycles. The topological polar surface area (TPSA) is 67.4 Å². The molecule has 1 rings (SSSR count). The lowest BCUT2D eigenvalue weighted by atomic mass is 10.3. The number of nitrogens with one attached hydrogen (secondary N) is 2. The van der Waals surface area contributed by atoms with E-state index in [1.54, 1.807) is 12.1 Å². The number of hydrogen-bond acceptors (Lipinski definition) is 3. The number of benzene rings is 1. The highest BCUT2D eigenvalue weighted by Gasteiger charge is 2.01. The Morgan fingerprint density at radius 2 is 1.83 bits per heavy atom. The van der Waals surface area contributed by atoms with Crippen molar-refractivity contribution >= 4 is 11.8 Å². The van der Waals surface area contributed by atoms with Gasteiger partial charge in [-0.3, -0.25) is 9.59 Å². The third-order valence-corrected chi connectivity index (χ3v) is 2.04. The number of para-hydroxylation sites is 1. The SMILES string of the molecule is C=CC(=O)NCCNC(=O)COc1ccccc1. The molecule has 0 aliphatic heterocycles. The molecule has 0 radical (unpaired) electrons. The maximum absolute atomic E-state index is 11.4. The molecule has 1 aromatic rings. The van der Waals surface area contributed by atoms with Crippen LogP contribution in [0.2, 0.25) is 0 Å². The van der Waals surface area contributed by atoms with Gasteiger partial charge >= 0.3 is 0 Å². The summed E-state index contributed by atoms with van der Waals surface area (Å²) < 4.78 is 5.25. The summed E-state index contributed by atoms with van der Waals surface area (Å²) in [6.45, 7) is 4.00. The number of carbonyl (C=O) groups is 2. The van der Waals surface area contributed by atoms with E-state index in [0.717, 1.165) is 0 Å². The summed E-state index contributed by atoms with van der Waals surface area (Å²) in [7, 11) is 0. The Bertz CT molecular complexity index is 404. The Morgan fingerprint density at radius 1 is 1.17 bits per heavy atom. The quantitative estimate of drug-likeness (QED) is 0.545. The van der Waals surface area contributed by atoms with Crippen LogP contribution in [-0.2, 0) is 9.59 Å². The molecule has 0 spiro atoms. The number of ether oxygens (including phenoxy) is 1. The average molecular weight is 248 g/mol. The van der Waals surface area contributed by atoms with Crippen LogP contribution in [0.5, 0.6) is 5.75 Å². The molecule has 5 nitrogen and oxygen atoms in total. The number of rotatable bonds is 7. The summed E-state index contributed by atoms with van der Waals surface area (Å²) >= 11 is 0. The monoisotopic (exact) mass is 248 g/mol. The molecule has 0 aliphatic carbocycles. The largest absolute Gasteiger partial charge is 0.484 e. The van der Waals surface area contributed by atoms with Crippen LogP contribution in [0, 0.1) is 0 Å². The van der Waals surface area contributed by atoms with Gasteiger partial charge in [-0.2, -0.15) is 0 Å². The minimum Gasteiger partial charge on any atom is -0.484 e. The Morgan fingerprint density at radius 3 is 2.50 bits per heavy atom. The zero-order valence-corrected chi connectivity index (χ0v) is 10.0. The highest BCUT2D eigenvalue weighted by molar-refractivity contribution is 5.86. The normalized spacial score (nSPS) is 9.33. The second kappa shape index (κ2) is 7.89. The van der Waals surface area contributed by atoms with Gasteiger partial charge in [0.2, 0.25) is 5.91 Å². The molecule has 0 bridgehead atoms. The summed E-state index contributed by atoms with van der Waals surface area (Å²) in [6, 6.07) is 9.08. The van der Waals surface area contributed by atoms with Crippen LogP contribution in [0.25, 0.3) is 0 Å². The zero-order valence-electron chi connectivity index (χ0n) is 10.0. The third kappa shape index (κ3) is 5.69. The van der Waals surface area contributed by atoms with Gasteiger partial charge in [0.15, 0.2) is 6.61 Å². The van der Waals surface area contributed by atoms with Crippen molar-refractivity contribution in [1.82, 2.24) is 10.6 Å². The van der Waals surface area contributed by atoms with Crippen LogP contribution in [0.3, 0.4) is 0 Å². The van der Waals surface area contributed by atoms with E-state index in [1.165, 1.54) is 6.08 Å². The predicted octanol–water partition coefficient (Wildman–Crippen LogP) is 0.484. The molecule has 1 aromatic carbocycles. The van der Waals surface area contributed by atoms with E-state index in [2.05, 4.69) is 17.2 Å². The molecule has 0 saturated carbocycles. The van der Waals surface area contributed by atoms with E-state index < -0.39 is 0 Å². The van der Waals surface area contributed by atoms with Crippen molar-refractivity contribution in [3.8, 4) is 5.75 Å². The molecule has 0 heterocycles. The fourth-order valence-corrected chi connectivity index (χ4v) is 1.18. The van der Waals surface area contributed by atoms with Gasteiger partial charge in [-0.1, -0.05) is 24.8 Å². The van der Waals surface area contributed by atoms with E-state index in [9.17, 15) is 9.59 Å². The van der Waals surface area contributed by atoms with Crippen LogP contribution in [0.1, 0.15) is 0 Å². The van der Waals surface area contributed by atoms with Crippen molar-refractivity contribution in [1.29, 1.82) is 0 Å². The first-order chi connectivity index (χ1) is 8.72. The van der Waals surface area contributed by atoms with E-state index >= 15 is 0 Å². The van der Waals surface area contributed by atoms with Crippen molar-refractivity contribution in [3.63, 3.8) is 0 Å². The molecule has 2 amide bonds. The van der Waals surface area contributed by atoms with Crippen LogP contribution < -0.4 is 15.4 Å². The van der Waals surface area contributed by atoms with Gasteiger partial charge in [-0.25, -0.2) is 0 Å². The van der Waals surface area contributed by atoms with E-state index in [-0.39, 0.29) is 18.4 Å². The lowest BCUT2D eigenvalue weighted by Crippen LogP contribution is -2.36. The molecule has 0 atom stereocenters. The zero-order chi connectivity index (χ0) is 13.2. The van der Waals surface area contributed by atoms with Crippen LogP contribution in [-0.4, -0.2) is 31.5 Å². The predicted molar refractivity (Wildman–Crippen MR) is 68.2 cm³/mol. The molecule has 5 heteroatoms. The standard InChI is InChI=1S/C13H16N2O3/c1-2-12(16)14-8-9-15-13(17)10-18-11-6-4-3-5-7-11/h2-7H,1,8-10H2,(H,14,16)(H,15,17). The first-order valence-corrected chi connectivity index (χ1v) is 5.57. The molecule has 96 valence electrons. The smallest absolute Gasteiger partial charge is 0.258 e. The minimum absolute atomic E-state index is 0.0422. The fourth-order valence-electron chi connectivity index (χ4n) is 1.18. The van der Waals surface area contributed by atoms with Crippen molar-refractivity contribution in [3.05, 3.63) is 43.0 Å². The van der Waals surface area contributed by atoms with Crippen molar-refractivity contribution in [2.45, 2.75) is 0 Å². The Hall–Kier alpha value is -2.30. The number of amides is 2. The first kappa shape index (κ1) is 13.8. The Kier molecular flexibility index (Phi) is 6.03. The van der Waals surface area contributed by atoms with Crippen LogP contribution >= 0.6 is 0 Å². The minimum atomic E-state index is -0.259. The van der Waals surface area contributed by atoms with Gasteiger partial charge < -0.3 is 15.4 Å². The number of hydrogen-bond donors (Lipinski definition) is 2. The molecule has 0 aliphatic rings. The van der Waals surface area contributed by atoms with Gasteiger partial charge in [0, 0.05) is 13.1 Å². The van der Waals surface area contributed by atoms with Crippen molar-refractivity contribution < 1.29 is 14.3 Å². The summed E-state index contributed by atoms with van der Waals surface area (Å²) in [5.74, 6) is 0.157. The Labute approximate surface area is 106 Å². The summed E-state index contributed by atoms with van der Waals surface area (Å²) in [5, 5.41) is 5.17. The number of carbonyl (C=O) groups excluding carboxylic acids is 2. The molecule has 0 fully saturated rings. The molecular formula is C13H16N2O3. The van der Waals surface area contributed by atoms with Gasteiger partial charge in [-0.05, 0) is 18.2 Å².